The SMILES string of the molecule is CCC(CC)C(NN)c1cc(F)c(F)c(F)c1. The number of nitrogens with one attached hydrogen (secondary N) is 1. The zero-order valence-electron chi connectivity index (χ0n) is 9.93. The van der Waals surface area contributed by atoms with E-state index in [2.05, 4.69) is 5.43 Å². The van der Waals surface area contributed by atoms with Crippen molar-refractivity contribution in [1.29, 1.82) is 0 Å². The molecule has 0 aliphatic heterocycles. The summed E-state index contributed by atoms with van der Waals surface area (Å²) >= 11 is 0. The second kappa shape index (κ2) is 6.02. The van der Waals surface area contributed by atoms with E-state index < -0.39 is 17.5 Å². The van der Waals surface area contributed by atoms with Crippen LogP contribution in [0, 0.1) is 23.4 Å². The highest BCUT2D eigenvalue weighted by Gasteiger charge is 2.22. The van der Waals surface area contributed by atoms with Crippen molar-refractivity contribution in [2.75, 3.05) is 0 Å². The second-order valence-corrected chi connectivity index (χ2v) is 4.02. The predicted molar refractivity (Wildman–Crippen MR) is 60.5 cm³/mol. The number of rotatable bonds is 5. The van der Waals surface area contributed by atoms with E-state index in [1.54, 1.807) is 0 Å². The second-order valence-electron chi connectivity index (χ2n) is 4.02. The lowest BCUT2D eigenvalue weighted by molar-refractivity contribution is 0.341. The zero-order chi connectivity index (χ0) is 13.0. The molecule has 0 fully saturated rings. The van der Waals surface area contributed by atoms with E-state index in [0.29, 0.717) is 5.56 Å². The molecule has 1 aromatic rings. The van der Waals surface area contributed by atoms with E-state index in [4.69, 9.17) is 5.84 Å². The van der Waals surface area contributed by atoms with Crippen molar-refractivity contribution in [2.45, 2.75) is 32.7 Å². The quantitative estimate of drug-likeness (QED) is 0.476. The maximum Gasteiger partial charge on any atom is 0.194 e. The molecule has 2 nitrogen and oxygen atoms in total. The van der Waals surface area contributed by atoms with Crippen LogP contribution in [0.25, 0.3) is 0 Å². The molecule has 17 heavy (non-hydrogen) atoms. The van der Waals surface area contributed by atoms with E-state index in [1.807, 2.05) is 13.8 Å². The Labute approximate surface area is 99.0 Å². The lowest BCUT2D eigenvalue weighted by Gasteiger charge is -2.25. The molecule has 0 aliphatic rings. The topological polar surface area (TPSA) is 38.0 Å². The molecule has 0 aliphatic carbocycles. The summed E-state index contributed by atoms with van der Waals surface area (Å²) in [7, 11) is 0. The Hall–Kier alpha value is -1.07. The largest absolute Gasteiger partial charge is 0.271 e. The van der Waals surface area contributed by atoms with Gasteiger partial charge in [-0.3, -0.25) is 11.3 Å². The van der Waals surface area contributed by atoms with Crippen LogP contribution in [0.3, 0.4) is 0 Å². The fraction of sp³-hybridized carbons (Fsp3) is 0.500. The number of benzene rings is 1. The van der Waals surface area contributed by atoms with Gasteiger partial charge in [0, 0.05) is 6.04 Å². The van der Waals surface area contributed by atoms with Crippen LogP contribution in [0.2, 0.25) is 0 Å². The molecule has 0 amide bonds. The Bertz CT molecular complexity index is 355. The first-order valence-corrected chi connectivity index (χ1v) is 5.65. The van der Waals surface area contributed by atoms with Crippen molar-refractivity contribution in [3.63, 3.8) is 0 Å². The van der Waals surface area contributed by atoms with Crippen molar-refractivity contribution in [2.24, 2.45) is 11.8 Å². The lowest BCUT2D eigenvalue weighted by Crippen LogP contribution is -2.33. The Morgan fingerprint density at radius 3 is 1.94 bits per heavy atom. The fourth-order valence-electron chi connectivity index (χ4n) is 2.02. The van der Waals surface area contributed by atoms with Crippen LogP contribution in [0.5, 0.6) is 0 Å². The Morgan fingerprint density at radius 2 is 1.59 bits per heavy atom. The highest BCUT2D eigenvalue weighted by atomic mass is 19.2. The van der Waals surface area contributed by atoms with Gasteiger partial charge in [-0.15, -0.1) is 0 Å². The van der Waals surface area contributed by atoms with E-state index >= 15 is 0 Å². The molecule has 0 radical (unpaired) electrons. The molecule has 0 saturated heterocycles. The molecule has 0 saturated carbocycles. The third kappa shape index (κ3) is 2.98. The van der Waals surface area contributed by atoms with Gasteiger partial charge in [0.1, 0.15) is 0 Å². The van der Waals surface area contributed by atoms with Gasteiger partial charge in [-0.25, -0.2) is 13.2 Å². The van der Waals surface area contributed by atoms with Gasteiger partial charge in [0.25, 0.3) is 0 Å². The number of nitrogens with two attached hydrogens (primary N) is 1. The lowest BCUT2D eigenvalue weighted by atomic mass is 9.89. The zero-order valence-corrected chi connectivity index (χ0v) is 9.93. The molecule has 1 unspecified atom stereocenters. The van der Waals surface area contributed by atoms with Crippen molar-refractivity contribution >= 4 is 0 Å². The molecule has 96 valence electrons. The van der Waals surface area contributed by atoms with E-state index in [-0.39, 0.29) is 12.0 Å². The van der Waals surface area contributed by atoms with Gasteiger partial charge in [-0.1, -0.05) is 26.7 Å². The molecule has 1 rings (SSSR count). The van der Waals surface area contributed by atoms with E-state index in [0.717, 1.165) is 25.0 Å². The van der Waals surface area contributed by atoms with Crippen LogP contribution in [0.4, 0.5) is 13.2 Å². The molecule has 1 aromatic carbocycles. The molecule has 0 aromatic heterocycles. The number of hydrogen-bond donors (Lipinski definition) is 2. The van der Waals surface area contributed by atoms with Gasteiger partial charge >= 0.3 is 0 Å². The molecule has 0 spiro atoms. The van der Waals surface area contributed by atoms with Gasteiger partial charge in [0.05, 0.1) is 0 Å². The third-order valence-corrected chi connectivity index (χ3v) is 3.06. The van der Waals surface area contributed by atoms with Gasteiger partial charge < -0.3 is 0 Å². The molecular formula is C12H17F3N2. The van der Waals surface area contributed by atoms with Crippen molar-refractivity contribution < 1.29 is 13.2 Å². The first kappa shape index (κ1) is 14.0. The molecular weight excluding hydrogens is 229 g/mol. The van der Waals surface area contributed by atoms with Crippen LogP contribution < -0.4 is 11.3 Å². The summed E-state index contributed by atoms with van der Waals surface area (Å²) in [4.78, 5) is 0. The molecule has 1 atom stereocenters. The minimum absolute atomic E-state index is 0.143. The van der Waals surface area contributed by atoms with Crippen molar-refractivity contribution in [3.8, 4) is 0 Å². The van der Waals surface area contributed by atoms with Gasteiger partial charge in [0.2, 0.25) is 0 Å². The number of halogens is 3. The van der Waals surface area contributed by atoms with Gasteiger partial charge in [0.15, 0.2) is 17.5 Å². The maximum atomic E-state index is 13.1. The summed E-state index contributed by atoms with van der Waals surface area (Å²) in [6.45, 7) is 3.93. The van der Waals surface area contributed by atoms with Crippen LogP contribution in [-0.4, -0.2) is 0 Å². The third-order valence-electron chi connectivity index (χ3n) is 3.06. The highest BCUT2D eigenvalue weighted by molar-refractivity contribution is 5.23. The van der Waals surface area contributed by atoms with Crippen LogP contribution in [0.15, 0.2) is 12.1 Å². The summed E-state index contributed by atoms with van der Waals surface area (Å²) < 4.78 is 39.1. The van der Waals surface area contributed by atoms with Gasteiger partial charge in [-0.05, 0) is 23.6 Å². The predicted octanol–water partition coefficient (Wildman–Crippen LogP) is 3.04. The normalized spacial score (nSPS) is 13.1. The first-order valence-electron chi connectivity index (χ1n) is 5.65. The number of hydrazine groups is 1. The first-order chi connectivity index (χ1) is 8.04. The number of hydrogen-bond acceptors (Lipinski definition) is 2. The Balaban J connectivity index is 3.12. The molecule has 0 heterocycles. The van der Waals surface area contributed by atoms with E-state index in [9.17, 15) is 13.2 Å². The summed E-state index contributed by atoms with van der Waals surface area (Å²) in [5.74, 6) is 1.72. The molecule has 0 bridgehead atoms. The summed E-state index contributed by atoms with van der Waals surface area (Å²) in [5.41, 5.74) is 2.87. The molecule has 3 N–H and O–H groups in total. The Kier molecular flexibility index (Phi) is 4.96. The summed E-state index contributed by atoms with van der Waals surface area (Å²) in [6, 6.07) is 1.59. The standard InChI is InChI=1S/C12H17F3N2/c1-3-7(4-2)12(17-16)8-5-9(13)11(15)10(14)6-8/h5-7,12,17H,3-4,16H2,1-2H3. The smallest absolute Gasteiger partial charge is 0.194 e. The minimum atomic E-state index is -1.45. The van der Waals surface area contributed by atoms with Crippen molar-refractivity contribution in [1.82, 2.24) is 5.43 Å². The highest BCUT2D eigenvalue weighted by Crippen LogP contribution is 2.28. The van der Waals surface area contributed by atoms with Crippen molar-refractivity contribution in [3.05, 3.63) is 35.1 Å². The van der Waals surface area contributed by atoms with Crippen LogP contribution >= 0.6 is 0 Å². The van der Waals surface area contributed by atoms with E-state index in [1.165, 1.54) is 0 Å². The average Bonchev–Trinajstić information content (AvgIpc) is 2.32. The monoisotopic (exact) mass is 246 g/mol. The minimum Gasteiger partial charge on any atom is -0.271 e. The maximum absolute atomic E-state index is 13.1. The summed E-state index contributed by atoms with van der Waals surface area (Å²) in [6.07, 6.45) is 1.62. The summed E-state index contributed by atoms with van der Waals surface area (Å²) in [5, 5.41) is 0. The average molecular weight is 246 g/mol. The van der Waals surface area contributed by atoms with Gasteiger partial charge in [-0.2, -0.15) is 0 Å². The Morgan fingerprint density at radius 1 is 1.12 bits per heavy atom. The molecule has 5 heteroatoms. The van der Waals surface area contributed by atoms with Crippen LogP contribution in [-0.2, 0) is 0 Å². The fourth-order valence-corrected chi connectivity index (χ4v) is 2.02. The van der Waals surface area contributed by atoms with Crippen LogP contribution in [0.1, 0.15) is 38.3 Å².